The van der Waals surface area contributed by atoms with Crippen LogP contribution in [-0.2, 0) is 17.4 Å². The van der Waals surface area contributed by atoms with E-state index in [-0.39, 0.29) is 62.6 Å². The van der Waals surface area contributed by atoms with Crippen LogP contribution in [0.25, 0.3) is 0 Å². The number of rotatable bonds is 6. The van der Waals surface area contributed by atoms with Crippen LogP contribution in [0.4, 0.5) is 0 Å². The van der Waals surface area contributed by atoms with E-state index >= 15 is 0 Å². The van der Waals surface area contributed by atoms with Crippen molar-refractivity contribution in [2.75, 3.05) is 0 Å². The van der Waals surface area contributed by atoms with E-state index in [4.69, 9.17) is 20.4 Å². The maximum atomic E-state index is 10.2. The molecule has 4 aromatic carbocycles. The topological polar surface area (TPSA) is 241 Å². The van der Waals surface area contributed by atoms with Crippen LogP contribution in [0.1, 0.15) is 61.2 Å². The van der Waals surface area contributed by atoms with E-state index in [2.05, 4.69) is 6.92 Å². The van der Waals surface area contributed by atoms with E-state index in [1.807, 2.05) is 21.7 Å². The van der Waals surface area contributed by atoms with Crippen molar-refractivity contribution >= 4 is 45.6 Å². The second-order valence-electron chi connectivity index (χ2n) is 8.43. The molecule has 1 radical (unpaired) electrons. The third-order valence-electron chi connectivity index (χ3n) is 5.10. The molecule has 237 valence electrons. The summed E-state index contributed by atoms with van der Waals surface area (Å²) in [4.78, 5) is 40.6. The maximum Gasteiger partial charge on any atom is 3.00 e. The molecule has 0 fully saturated rings. The number of unbranched alkanes of at least 4 members (excludes halogenated alkanes) is 1. The molecule has 14 heteroatoms. The van der Waals surface area contributed by atoms with Gasteiger partial charge >= 0.3 is 63.4 Å². The fourth-order valence-electron chi connectivity index (χ4n) is 2.84. The van der Waals surface area contributed by atoms with Gasteiger partial charge in [0, 0.05) is 22.3 Å². The van der Waals surface area contributed by atoms with Gasteiger partial charge in [-0.2, -0.15) is 0 Å². The molecule has 0 aliphatic rings. The van der Waals surface area contributed by atoms with Crippen molar-refractivity contribution in [3.63, 3.8) is 0 Å². The zero-order valence-corrected chi connectivity index (χ0v) is 27.2. The Kier molecular flexibility index (Phi) is 23.2. The van der Waals surface area contributed by atoms with Gasteiger partial charge in [-0.3, -0.25) is 0 Å². The van der Waals surface area contributed by atoms with Gasteiger partial charge in [-0.1, -0.05) is 48.5 Å². The van der Waals surface area contributed by atoms with Gasteiger partial charge in [0.1, 0.15) is 23.0 Å². The molecule has 4 rings (SSSR count). The monoisotopic (exact) mass is 681 g/mol. The van der Waals surface area contributed by atoms with Gasteiger partial charge in [-0.15, -0.1) is 0 Å². The fraction of sp³-hybridized carbons (Fsp3) is 0.125. The molecule has 0 heterocycles. The van der Waals surface area contributed by atoms with E-state index in [0.29, 0.717) is 0 Å². The maximum absolute atomic E-state index is 10.2. The van der Waals surface area contributed by atoms with E-state index in [1.54, 1.807) is 24.3 Å². The van der Waals surface area contributed by atoms with Gasteiger partial charge in [0.25, 0.3) is 0 Å². The molecule has 0 saturated carbocycles. The van der Waals surface area contributed by atoms with E-state index in [0.717, 1.165) is 0 Å². The number of aromatic hydroxyl groups is 4. The van der Waals surface area contributed by atoms with Crippen LogP contribution in [0.5, 0.6) is 23.0 Å². The standard InChI is InChI=1S/4C7H6O3.C4H9.Cr.Mg/c4*8-6-4-2-1-3-5(6)7(9)10;1-3-4-2;;/h4*1-4,8H,(H,9,10);1,3-4H2,2H3;;/q;;;;;+3;+1/p-4. The first-order valence-electron chi connectivity index (χ1n) is 13.0. The molecule has 0 unspecified atom stereocenters. The number of phenols is 4. The Morgan fingerprint density at radius 1 is 0.500 bits per heavy atom. The van der Waals surface area contributed by atoms with Crippen molar-refractivity contribution in [2.45, 2.75) is 24.3 Å². The van der Waals surface area contributed by atoms with Crippen LogP contribution in [-0.4, -0.2) is 66.0 Å². The molecular formula is C32H29CrMgO12. The molecule has 0 amide bonds. The van der Waals surface area contributed by atoms with Crippen molar-refractivity contribution < 1.29 is 77.4 Å². The minimum atomic E-state index is -1.36. The quantitative estimate of drug-likeness (QED) is 0.202. The summed E-state index contributed by atoms with van der Waals surface area (Å²) in [6.07, 6.45) is 2.75. The molecular weight excluding hydrogens is 653 g/mol. The summed E-state index contributed by atoms with van der Waals surface area (Å²) in [5.74, 6) is -6.50. The molecule has 0 aliphatic heterocycles. The molecule has 46 heavy (non-hydrogen) atoms. The van der Waals surface area contributed by atoms with Crippen LogP contribution < -0.4 is 20.4 Å². The number of hydrogen-bond donors (Lipinski definition) is 4. The third-order valence-corrected chi connectivity index (χ3v) is 5.60. The second kappa shape index (κ2) is 24.6. The zero-order chi connectivity index (χ0) is 34.4. The molecule has 0 spiro atoms. The molecule has 4 N–H and O–H groups in total. The number of carboxylic acids is 4. The van der Waals surface area contributed by atoms with Crippen LogP contribution in [0, 0.1) is 0 Å². The summed E-state index contributed by atoms with van der Waals surface area (Å²) in [5.41, 5.74) is -0.713. The third kappa shape index (κ3) is 17.5. The van der Waals surface area contributed by atoms with Gasteiger partial charge in [-0.05, 0) is 48.5 Å². The molecule has 0 bridgehead atoms. The molecule has 12 nitrogen and oxygen atoms in total. The Morgan fingerprint density at radius 2 is 0.696 bits per heavy atom. The molecule has 4 aromatic rings. The summed E-state index contributed by atoms with van der Waals surface area (Å²) >= 11 is 2.05. The van der Waals surface area contributed by atoms with Crippen molar-refractivity contribution in [3.05, 3.63) is 119 Å². The Bertz CT molecular complexity index is 1300. The van der Waals surface area contributed by atoms with E-state index in [1.165, 1.54) is 90.2 Å². The summed E-state index contributed by atoms with van der Waals surface area (Å²) in [6.45, 7) is 2.22. The summed E-state index contributed by atoms with van der Waals surface area (Å²) in [7, 11) is 0. The molecule has 0 atom stereocenters. The fourth-order valence-corrected chi connectivity index (χ4v) is 3.34. The van der Waals surface area contributed by atoms with Crippen LogP contribution in [0.15, 0.2) is 97.1 Å². The Morgan fingerprint density at radius 3 is 0.783 bits per heavy atom. The Hall–Kier alpha value is -4.74. The van der Waals surface area contributed by atoms with Gasteiger partial charge in [0.15, 0.2) is 0 Å². The minimum absolute atomic E-state index is 0. The number of carboxylic acid groups (broad SMARTS) is 4. The van der Waals surface area contributed by atoms with Gasteiger partial charge in [0.05, 0.1) is 23.9 Å². The van der Waals surface area contributed by atoms with Crippen LogP contribution in [0.2, 0.25) is 4.55 Å². The number of benzene rings is 4. The number of carbonyl (C=O) groups is 4. The predicted octanol–water partition coefficient (Wildman–Crippen LogP) is 0.394. The Labute approximate surface area is 288 Å². The summed E-state index contributed by atoms with van der Waals surface area (Å²) < 4.78 is 1.37. The number of hydrogen-bond acceptors (Lipinski definition) is 12. The van der Waals surface area contributed by atoms with Crippen LogP contribution in [0.3, 0.4) is 0 Å². The smallest absolute Gasteiger partial charge is 0.545 e. The van der Waals surface area contributed by atoms with Crippen LogP contribution >= 0.6 is 0 Å². The SMILES string of the molecule is CCC[CH2][Mg+].O=C([O-])c1ccccc1O.O=C([O-])c1ccccc1O.O=C([O-])c1ccccc1O.O=C([O-])c1ccccc1O.[Cr+3]. The summed E-state index contributed by atoms with van der Waals surface area (Å²) in [6, 6.07) is 22.6. The first-order valence-corrected chi connectivity index (χ1v) is 14.0. The number of para-hydroxylation sites is 4. The number of aromatic carboxylic acids is 4. The van der Waals surface area contributed by atoms with E-state index < -0.39 is 23.9 Å². The van der Waals surface area contributed by atoms with Crippen molar-refractivity contribution in [1.29, 1.82) is 0 Å². The first-order chi connectivity index (χ1) is 21.3. The summed E-state index contributed by atoms with van der Waals surface area (Å²) in [5, 5.41) is 76.0. The molecule has 0 aromatic heterocycles. The minimum Gasteiger partial charge on any atom is -0.545 e. The average Bonchev–Trinajstić information content (AvgIpc) is 2.99. The van der Waals surface area contributed by atoms with Crippen molar-refractivity contribution in [3.8, 4) is 23.0 Å². The largest absolute Gasteiger partial charge is 3.00 e. The number of carbonyl (C=O) groups excluding carboxylic acids is 4. The molecule has 0 aliphatic carbocycles. The van der Waals surface area contributed by atoms with Gasteiger partial charge < -0.3 is 60.0 Å². The predicted molar refractivity (Wildman–Crippen MR) is 155 cm³/mol. The normalized spacial score (nSPS) is 8.93. The zero-order valence-electron chi connectivity index (χ0n) is 24.5. The molecule has 0 saturated heterocycles. The van der Waals surface area contributed by atoms with Gasteiger partial charge in [-0.25, -0.2) is 0 Å². The second-order valence-corrected chi connectivity index (χ2v) is 9.13. The Balaban J connectivity index is 0. The first kappa shape index (κ1) is 43.4. The van der Waals surface area contributed by atoms with E-state index in [9.17, 15) is 39.6 Å². The van der Waals surface area contributed by atoms with Gasteiger partial charge in [0.2, 0.25) is 0 Å². The average molecular weight is 682 g/mol. The van der Waals surface area contributed by atoms with Crippen molar-refractivity contribution in [2.24, 2.45) is 0 Å². The van der Waals surface area contributed by atoms with Crippen molar-refractivity contribution in [1.82, 2.24) is 0 Å².